The van der Waals surface area contributed by atoms with Gasteiger partial charge in [-0.05, 0) is 18.6 Å². The number of rotatable bonds is 2. The summed E-state index contributed by atoms with van der Waals surface area (Å²) in [6.45, 7) is 1.70. The minimum absolute atomic E-state index is 0.449. The molecule has 0 heterocycles. The summed E-state index contributed by atoms with van der Waals surface area (Å²) in [6, 6.07) is 7.42. The summed E-state index contributed by atoms with van der Waals surface area (Å²) in [7, 11) is 0. The van der Waals surface area contributed by atoms with Crippen LogP contribution in [-0.4, -0.2) is 11.2 Å². The maximum absolute atomic E-state index is 9.02. The van der Waals surface area contributed by atoms with Gasteiger partial charge in [0.25, 0.3) is 0 Å². The Balaban J connectivity index is 2.78. The third-order valence-electron chi connectivity index (χ3n) is 1.33. The van der Waals surface area contributed by atoms with E-state index < -0.39 is 6.10 Å². The molecule has 0 aliphatic heterocycles. The molecule has 2 heteroatoms. The van der Waals surface area contributed by atoms with E-state index >= 15 is 0 Å². The molecule has 1 aromatic rings. The Kier molecular flexibility index (Phi) is 2.92. The maximum atomic E-state index is 9.02. The van der Waals surface area contributed by atoms with E-state index in [-0.39, 0.29) is 0 Å². The molecule has 1 N–H and O–H groups in total. The zero-order chi connectivity index (χ0) is 8.27. The molecular formula is C9H10ClO. The Morgan fingerprint density at radius 2 is 2.09 bits per heavy atom. The number of aliphatic hydroxyl groups excluding tert-OH is 1. The summed E-state index contributed by atoms with van der Waals surface area (Å²) >= 11 is 5.83. The Bertz CT molecular complexity index is 233. The third-order valence-corrected chi connectivity index (χ3v) is 1.67. The first-order valence-electron chi connectivity index (χ1n) is 3.47. The van der Waals surface area contributed by atoms with Gasteiger partial charge in [-0.1, -0.05) is 29.8 Å². The van der Waals surface area contributed by atoms with E-state index in [1.165, 1.54) is 0 Å². The summed E-state index contributed by atoms with van der Waals surface area (Å²) in [5, 5.41) is 9.69. The quantitative estimate of drug-likeness (QED) is 0.720. The van der Waals surface area contributed by atoms with Crippen LogP contribution in [0.3, 0.4) is 0 Å². The molecule has 0 aliphatic rings. The first-order valence-corrected chi connectivity index (χ1v) is 3.85. The zero-order valence-corrected chi connectivity index (χ0v) is 7.05. The Labute approximate surface area is 71.6 Å². The summed E-state index contributed by atoms with van der Waals surface area (Å²) in [5.41, 5.74) is 0.879. The van der Waals surface area contributed by atoms with Gasteiger partial charge in [0.2, 0.25) is 0 Å². The van der Waals surface area contributed by atoms with E-state index in [0.717, 1.165) is 5.56 Å². The lowest BCUT2D eigenvalue weighted by Crippen LogP contribution is -2.01. The highest BCUT2D eigenvalue weighted by molar-refractivity contribution is 6.31. The fourth-order valence-corrected chi connectivity index (χ4v) is 1.07. The minimum atomic E-state index is -0.449. The summed E-state index contributed by atoms with van der Waals surface area (Å²) in [6.07, 6.45) is 1.26. The molecule has 0 aliphatic carbocycles. The summed E-state index contributed by atoms with van der Waals surface area (Å²) < 4.78 is 0. The van der Waals surface area contributed by atoms with Gasteiger partial charge in [-0.15, -0.1) is 0 Å². The second kappa shape index (κ2) is 3.74. The molecule has 1 atom stereocenters. The first kappa shape index (κ1) is 8.57. The molecule has 0 fully saturated rings. The van der Waals surface area contributed by atoms with E-state index in [2.05, 4.69) is 0 Å². The van der Waals surface area contributed by atoms with Crippen LogP contribution in [0.1, 0.15) is 12.5 Å². The molecule has 1 rings (SSSR count). The number of halogens is 1. The Hall–Kier alpha value is -0.530. The van der Waals surface area contributed by atoms with Gasteiger partial charge in [-0.25, -0.2) is 0 Å². The van der Waals surface area contributed by atoms with Crippen molar-refractivity contribution in [2.24, 2.45) is 0 Å². The van der Waals surface area contributed by atoms with Gasteiger partial charge in [0.1, 0.15) is 0 Å². The van der Waals surface area contributed by atoms with Crippen molar-refractivity contribution >= 4 is 11.6 Å². The van der Waals surface area contributed by atoms with Gasteiger partial charge in [-0.3, -0.25) is 0 Å². The second-order valence-corrected chi connectivity index (χ2v) is 2.84. The molecule has 0 unspecified atom stereocenters. The molecule has 11 heavy (non-hydrogen) atoms. The number of hydrogen-bond donors (Lipinski definition) is 1. The topological polar surface area (TPSA) is 20.2 Å². The van der Waals surface area contributed by atoms with Gasteiger partial charge >= 0.3 is 0 Å². The van der Waals surface area contributed by atoms with Crippen LogP contribution in [0.15, 0.2) is 24.3 Å². The van der Waals surface area contributed by atoms with Crippen LogP contribution in [0.25, 0.3) is 0 Å². The lowest BCUT2D eigenvalue weighted by atomic mass is 10.1. The van der Waals surface area contributed by atoms with Crippen LogP contribution >= 0.6 is 11.6 Å². The average Bonchev–Trinajstić information content (AvgIpc) is 1.93. The molecule has 1 nitrogen and oxygen atoms in total. The van der Waals surface area contributed by atoms with Crippen LogP contribution < -0.4 is 0 Å². The molecule has 1 aromatic carbocycles. The highest BCUT2D eigenvalue weighted by Crippen LogP contribution is 2.17. The van der Waals surface area contributed by atoms with Crippen LogP contribution in [0.4, 0.5) is 0 Å². The number of aliphatic hydroxyl groups is 1. The van der Waals surface area contributed by atoms with E-state index in [9.17, 15) is 0 Å². The third kappa shape index (κ3) is 2.52. The average molecular weight is 170 g/mol. The molecule has 0 saturated carbocycles. The van der Waals surface area contributed by atoms with Gasteiger partial charge in [0.05, 0.1) is 6.10 Å². The largest absolute Gasteiger partial charge is 0.393 e. The lowest BCUT2D eigenvalue weighted by molar-refractivity contribution is 0.231. The van der Waals surface area contributed by atoms with E-state index in [0.29, 0.717) is 5.02 Å². The summed E-state index contributed by atoms with van der Waals surface area (Å²) in [4.78, 5) is 0. The predicted octanol–water partition coefficient (Wildman–Crippen LogP) is 2.27. The standard InChI is InChI=1S/C9H10ClO/c1-7(11)6-8-4-2-3-5-9(8)10/h2-7,11H,1H3/t7-/m0/s1. The molecule has 0 spiro atoms. The number of benzene rings is 1. The van der Waals surface area contributed by atoms with E-state index in [4.69, 9.17) is 16.7 Å². The van der Waals surface area contributed by atoms with Crippen molar-refractivity contribution in [3.8, 4) is 0 Å². The van der Waals surface area contributed by atoms with Crippen LogP contribution in [0.5, 0.6) is 0 Å². The molecular weight excluding hydrogens is 160 g/mol. The highest BCUT2D eigenvalue weighted by Gasteiger charge is 2.02. The molecule has 1 radical (unpaired) electrons. The van der Waals surface area contributed by atoms with Crippen LogP contribution in [-0.2, 0) is 0 Å². The van der Waals surface area contributed by atoms with Crippen molar-refractivity contribution in [2.45, 2.75) is 13.0 Å². The molecule has 59 valence electrons. The monoisotopic (exact) mass is 169 g/mol. The molecule has 0 amide bonds. The fraction of sp³-hybridized carbons (Fsp3) is 0.222. The molecule has 0 bridgehead atoms. The van der Waals surface area contributed by atoms with Crippen molar-refractivity contribution in [1.29, 1.82) is 0 Å². The van der Waals surface area contributed by atoms with Crippen molar-refractivity contribution in [1.82, 2.24) is 0 Å². The molecule has 0 saturated heterocycles. The first-order chi connectivity index (χ1) is 5.20. The second-order valence-electron chi connectivity index (χ2n) is 2.43. The van der Waals surface area contributed by atoms with E-state index in [1.54, 1.807) is 19.4 Å². The van der Waals surface area contributed by atoms with Gasteiger partial charge < -0.3 is 5.11 Å². The molecule has 0 aromatic heterocycles. The van der Waals surface area contributed by atoms with Gasteiger partial charge in [0.15, 0.2) is 0 Å². The highest BCUT2D eigenvalue weighted by atomic mass is 35.5. The minimum Gasteiger partial charge on any atom is -0.393 e. The van der Waals surface area contributed by atoms with Crippen molar-refractivity contribution < 1.29 is 5.11 Å². The SMILES string of the molecule is C[C@H](O)[CH]c1ccccc1Cl. The zero-order valence-electron chi connectivity index (χ0n) is 6.29. The van der Waals surface area contributed by atoms with Crippen molar-refractivity contribution in [2.75, 3.05) is 0 Å². The maximum Gasteiger partial charge on any atom is 0.0588 e. The van der Waals surface area contributed by atoms with Crippen molar-refractivity contribution in [3.63, 3.8) is 0 Å². The summed E-state index contributed by atoms with van der Waals surface area (Å²) in [5.74, 6) is 0. The Morgan fingerprint density at radius 3 is 2.64 bits per heavy atom. The predicted molar refractivity (Wildman–Crippen MR) is 46.5 cm³/mol. The Morgan fingerprint density at radius 1 is 1.45 bits per heavy atom. The van der Waals surface area contributed by atoms with Gasteiger partial charge in [0, 0.05) is 11.4 Å². The van der Waals surface area contributed by atoms with Crippen LogP contribution in [0.2, 0.25) is 5.02 Å². The van der Waals surface area contributed by atoms with E-state index in [1.807, 2.05) is 18.2 Å². The van der Waals surface area contributed by atoms with Crippen LogP contribution in [0, 0.1) is 6.42 Å². The normalized spacial score (nSPS) is 13.0. The van der Waals surface area contributed by atoms with Crippen molar-refractivity contribution in [3.05, 3.63) is 41.3 Å². The van der Waals surface area contributed by atoms with Gasteiger partial charge in [-0.2, -0.15) is 0 Å². The fourth-order valence-electron chi connectivity index (χ4n) is 0.870. The number of hydrogen-bond acceptors (Lipinski definition) is 1. The lowest BCUT2D eigenvalue weighted by Gasteiger charge is -2.04. The smallest absolute Gasteiger partial charge is 0.0588 e.